The lowest BCUT2D eigenvalue weighted by Gasteiger charge is -2.06. The fourth-order valence-electron chi connectivity index (χ4n) is 1.18. The summed E-state index contributed by atoms with van der Waals surface area (Å²) in [5, 5.41) is 2.59. The number of benzene rings is 1. The number of anilines is 1. The van der Waals surface area contributed by atoms with Crippen molar-refractivity contribution in [3.8, 4) is 0 Å². The predicted molar refractivity (Wildman–Crippen MR) is 72.9 cm³/mol. The normalized spacial score (nSPS) is 12.9. The Bertz CT molecular complexity index is 497. The second-order valence-electron chi connectivity index (χ2n) is 4.34. The number of halogens is 2. The van der Waals surface area contributed by atoms with E-state index in [1.54, 1.807) is 0 Å². The lowest BCUT2D eigenvalue weighted by molar-refractivity contribution is 0.509. The molecule has 1 rings (SSSR count). The first-order valence-corrected chi connectivity index (χ1v) is 5.74. The number of hydrogen-bond donors (Lipinski definition) is 3. The Morgan fingerprint density at radius 3 is 2.53 bits per heavy atom. The van der Waals surface area contributed by atoms with Gasteiger partial charge in [0.15, 0.2) is 11.6 Å². The summed E-state index contributed by atoms with van der Waals surface area (Å²) in [5.74, 6) is -1.57. The Kier molecular flexibility index (Phi) is 5.23. The maximum atomic E-state index is 13.0. The fourth-order valence-corrected chi connectivity index (χ4v) is 1.18. The van der Waals surface area contributed by atoms with Gasteiger partial charge in [-0.3, -0.25) is 4.99 Å². The topological polar surface area (TPSA) is 88.8 Å². The first-order chi connectivity index (χ1) is 8.88. The first-order valence-electron chi connectivity index (χ1n) is 5.74. The molecule has 0 amide bonds. The van der Waals surface area contributed by atoms with Crippen LogP contribution in [0.2, 0.25) is 0 Å². The zero-order valence-corrected chi connectivity index (χ0v) is 10.8. The van der Waals surface area contributed by atoms with E-state index < -0.39 is 11.6 Å². The molecule has 0 aliphatic heterocycles. The minimum absolute atomic E-state index is 0.0290. The third-order valence-electron chi connectivity index (χ3n) is 2.05. The van der Waals surface area contributed by atoms with Crippen LogP contribution in [-0.4, -0.2) is 18.5 Å². The standard InChI is InChI=1S/C12H17F2N5/c1-7(2)6-17-11(15)19-12(16)18-8-3-4-9(13)10(14)5-8/h3-5,7H,6H2,1-2H3,(H5,15,16,17,18,19). The van der Waals surface area contributed by atoms with Crippen LogP contribution in [0, 0.1) is 17.6 Å². The summed E-state index contributed by atoms with van der Waals surface area (Å²) in [6.45, 7) is 4.51. The molecule has 0 fully saturated rings. The largest absolute Gasteiger partial charge is 0.369 e. The Hall–Kier alpha value is -2.18. The van der Waals surface area contributed by atoms with E-state index >= 15 is 0 Å². The summed E-state index contributed by atoms with van der Waals surface area (Å²) in [4.78, 5) is 7.78. The second kappa shape index (κ2) is 6.67. The summed E-state index contributed by atoms with van der Waals surface area (Å²) in [5.41, 5.74) is 11.4. The molecule has 7 heteroatoms. The average Bonchev–Trinajstić information content (AvgIpc) is 2.31. The number of aliphatic imine (C=N–C) groups is 2. The van der Waals surface area contributed by atoms with E-state index in [-0.39, 0.29) is 17.6 Å². The van der Waals surface area contributed by atoms with Crippen LogP contribution in [0.15, 0.2) is 28.2 Å². The molecule has 1 aromatic rings. The smallest absolute Gasteiger partial charge is 0.218 e. The molecule has 0 bridgehead atoms. The van der Waals surface area contributed by atoms with Gasteiger partial charge in [0.05, 0.1) is 0 Å². The van der Waals surface area contributed by atoms with Crippen molar-refractivity contribution in [2.45, 2.75) is 13.8 Å². The van der Waals surface area contributed by atoms with Gasteiger partial charge in [0.2, 0.25) is 11.9 Å². The Morgan fingerprint density at radius 2 is 1.95 bits per heavy atom. The van der Waals surface area contributed by atoms with Gasteiger partial charge >= 0.3 is 0 Å². The van der Waals surface area contributed by atoms with Crippen LogP contribution in [0.1, 0.15) is 13.8 Å². The fraction of sp³-hybridized carbons (Fsp3) is 0.333. The molecule has 0 unspecified atom stereocenters. The molecule has 1 aromatic carbocycles. The molecule has 0 saturated carbocycles. The van der Waals surface area contributed by atoms with Crippen molar-refractivity contribution >= 4 is 17.6 Å². The van der Waals surface area contributed by atoms with E-state index in [0.29, 0.717) is 12.5 Å². The molecule has 0 aromatic heterocycles. The van der Waals surface area contributed by atoms with Crippen molar-refractivity contribution in [2.75, 3.05) is 11.9 Å². The SMILES string of the molecule is CC(C)CN=C(N)/N=C(\N)Nc1ccc(F)c(F)c1. The number of nitrogens with one attached hydrogen (secondary N) is 1. The van der Waals surface area contributed by atoms with Crippen LogP contribution in [0.3, 0.4) is 0 Å². The van der Waals surface area contributed by atoms with E-state index in [2.05, 4.69) is 15.3 Å². The van der Waals surface area contributed by atoms with Crippen molar-refractivity contribution in [1.82, 2.24) is 0 Å². The molecule has 0 saturated heterocycles. The second-order valence-corrected chi connectivity index (χ2v) is 4.34. The quantitative estimate of drug-likeness (QED) is 0.576. The lowest BCUT2D eigenvalue weighted by Crippen LogP contribution is -2.26. The van der Waals surface area contributed by atoms with E-state index in [4.69, 9.17) is 11.5 Å². The maximum absolute atomic E-state index is 13.0. The van der Waals surface area contributed by atoms with Crippen molar-refractivity contribution in [1.29, 1.82) is 0 Å². The van der Waals surface area contributed by atoms with Crippen molar-refractivity contribution < 1.29 is 8.78 Å². The molecule has 0 aliphatic carbocycles. The van der Waals surface area contributed by atoms with Gasteiger partial charge in [0, 0.05) is 18.3 Å². The zero-order chi connectivity index (χ0) is 14.4. The van der Waals surface area contributed by atoms with E-state index in [1.807, 2.05) is 13.8 Å². The van der Waals surface area contributed by atoms with Crippen molar-refractivity contribution in [2.24, 2.45) is 27.4 Å². The van der Waals surface area contributed by atoms with Gasteiger partial charge in [-0.1, -0.05) is 13.8 Å². The summed E-state index contributed by atoms with van der Waals surface area (Å²) in [6, 6.07) is 3.29. The minimum Gasteiger partial charge on any atom is -0.369 e. The van der Waals surface area contributed by atoms with Gasteiger partial charge in [-0.05, 0) is 18.1 Å². The van der Waals surface area contributed by atoms with Crippen LogP contribution >= 0.6 is 0 Å². The summed E-state index contributed by atoms with van der Waals surface area (Å²) >= 11 is 0. The number of hydrogen-bond acceptors (Lipinski definition) is 1. The zero-order valence-electron chi connectivity index (χ0n) is 10.8. The molecule has 104 valence electrons. The Balaban J connectivity index is 2.70. The van der Waals surface area contributed by atoms with Crippen LogP contribution in [0.4, 0.5) is 14.5 Å². The molecule has 0 radical (unpaired) electrons. The van der Waals surface area contributed by atoms with Crippen LogP contribution in [0.25, 0.3) is 0 Å². The third kappa shape index (κ3) is 5.33. The summed E-state index contributed by atoms with van der Waals surface area (Å²) in [7, 11) is 0. The molecular weight excluding hydrogens is 252 g/mol. The van der Waals surface area contributed by atoms with Gasteiger partial charge in [-0.2, -0.15) is 4.99 Å². The third-order valence-corrected chi connectivity index (χ3v) is 2.05. The number of rotatable bonds is 3. The molecular formula is C12H17F2N5. The molecule has 5 nitrogen and oxygen atoms in total. The van der Waals surface area contributed by atoms with Crippen molar-refractivity contribution in [3.05, 3.63) is 29.8 Å². The average molecular weight is 269 g/mol. The number of nitrogens with two attached hydrogens (primary N) is 2. The summed E-state index contributed by atoms with van der Waals surface area (Å²) in [6.07, 6.45) is 0. The molecule has 0 atom stereocenters. The van der Waals surface area contributed by atoms with Gasteiger partial charge in [-0.15, -0.1) is 0 Å². The Morgan fingerprint density at radius 1 is 1.26 bits per heavy atom. The number of guanidine groups is 2. The molecule has 0 heterocycles. The minimum atomic E-state index is -0.973. The first kappa shape index (κ1) is 14.9. The highest BCUT2D eigenvalue weighted by Gasteiger charge is 2.03. The van der Waals surface area contributed by atoms with Crippen LogP contribution in [-0.2, 0) is 0 Å². The van der Waals surface area contributed by atoms with Gasteiger partial charge in [0.1, 0.15) is 0 Å². The van der Waals surface area contributed by atoms with Gasteiger partial charge in [-0.25, -0.2) is 8.78 Å². The van der Waals surface area contributed by atoms with Gasteiger partial charge < -0.3 is 16.8 Å². The van der Waals surface area contributed by atoms with E-state index in [9.17, 15) is 8.78 Å². The molecule has 0 aliphatic rings. The van der Waals surface area contributed by atoms with E-state index in [1.165, 1.54) is 6.07 Å². The van der Waals surface area contributed by atoms with Crippen LogP contribution in [0.5, 0.6) is 0 Å². The molecule has 5 N–H and O–H groups in total. The highest BCUT2D eigenvalue weighted by molar-refractivity contribution is 6.00. The highest BCUT2D eigenvalue weighted by Crippen LogP contribution is 2.12. The predicted octanol–water partition coefficient (Wildman–Crippen LogP) is 1.66. The molecule has 19 heavy (non-hydrogen) atoms. The maximum Gasteiger partial charge on any atom is 0.218 e. The van der Waals surface area contributed by atoms with Gasteiger partial charge in [0.25, 0.3) is 0 Å². The monoisotopic (exact) mass is 269 g/mol. The molecule has 0 spiro atoms. The summed E-state index contributed by atoms with van der Waals surface area (Å²) < 4.78 is 25.7. The number of nitrogens with zero attached hydrogens (tertiary/aromatic N) is 2. The Labute approximate surface area is 110 Å². The highest BCUT2D eigenvalue weighted by atomic mass is 19.2. The van der Waals surface area contributed by atoms with Crippen molar-refractivity contribution in [3.63, 3.8) is 0 Å². The van der Waals surface area contributed by atoms with Crippen LogP contribution < -0.4 is 16.8 Å². The lowest BCUT2D eigenvalue weighted by atomic mass is 10.2. The van der Waals surface area contributed by atoms with E-state index in [0.717, 1.165) is 12.1 Å².